The van der Waals surface area contributed by atoms with Crippen molar-refractivity contribution < 1.29 is 17.9 Å². The van der Waals surface area contributed by atoms with E-state index in [1.807, 2.05) is 0 Å². The van der Waals surface area contributed by atoms with E-state index in [-0.39, 0.29) is 11.5 Å². The highest BCUT2D eigenvalue weighted by Gasteiger charge is 2.38. The van der Waals surface area contributed by atoms with E-state index < -0.39 is 15.4 Å². The van der Waals surface area contributed by atoms with Crippen LogP contribution in [0.1, 0.15) is 19.3 Å². The molecule has 0 radical (unpaired) electrons. The summed E-state index contributed by atoms with van der Waals surface area (Å²) < 4.78 is 32.7. The molecule has 1 unspecified atom stereocenters. The lowest BCUT2D eigenvalue weighted by Crippen LogP contribution is -2.41. The summed E-state index contributed by atoms with van der Waals surface area (Å²) >= 11 is 0. The summed E-state index contributed by atoms with van der Waals surface area (Å²) in [4.78, 5) is 0. The van der Waals surface area contributed by atoms with E-state index >= 15 is 0 Å². The predicted octanol–water partition coefficient (Wildman–Crippen LogP) is -0.0544. The Balaban J connectivity index is 2.13. The zero-order valence-electron chi connectivity index (χ0n) is 9.78. The molecule has 1 aliphatic rings. The van der Waals surface area contributed by atoms with Crippen LogP contribution in [0, 0.1) is 0 Å². The number of rotatable bonds is 7. The Kier molecular flexibility index (Phi) is 5.17. The first kappa shape index (κ1) is 13.9. The van der Waals surface area contributed by atoms with Crippen molar-refractivity contribution in [1.29, 1.82) is 0 Å². The van der Waals surface area contributed by atoms with Crippen LogP contribution in [0.4, 0.5) is 0 Å². The van der Waals surface area contributed by atoms with Crippen molar-refractivity contribution in [3.05, 3.63) is 0 Å². The van der Waals surface area contributed by atoms with Crippen molar-refractivity contribution in [2.24, 2.45) is 5.73 Å². The number of nitrogens with two attached hydrogens (primary N) is 1. The summed E-state index contributed by atoms with van der Waals surface area (Å²) in [7, 11) is -1.26. The summed E-state index contributed by atoms with van der Waals surface area (Å²) in [6.07, 6.45) is 2.09. The zero-order chi connectivity index (χ0) is 12.1. The van der Waals surface area contributed by atoms with Crippen LogP contribution in [0.3, 0.4) is 0 Å². The molecule has 5 nitrogen and oxygen atoms in total. The molecule has 0 bridgehead atoms. The van der Waals surface area contributed by atoms with Crippen LogP contribution in [0.25, 0.3) is 0 Å². The second-order valence-electron chi connectivity index (χ2n) is 4.41. The summed E-state index contributed by atoms with van der Waals surface area (Å²) in [5.74, 6) is 0.353. The summed E-state index contributed by atoms with van der Waals surface area (Å²) in [5.41, 5.74) is 5.49. The maximum atomic E-state index is 11.3. The molecule has 16 heavy (non-hydrogen) atoms. The molecule has 0 aromatic rings. The molecule has 1 heterocycles. The van der Waals surface area contributed by atoms with E-state index in [9.17, 15) is 8.42 Å². The molecule has 0 saturated carbocycles. The fourth-order valence-corrected chi connectivity index (χ4v) is 3.94. The first-order valence-corrected chi connectivity index (χ1v) is 7.36. The minimum absolute atomic E-state index is 0.123. The van der Waals surface area contributed by atoms with Gasteiger partial charge in [0.25, 0.3) is 0 Å². The zero-order valence-corrected chi connectivity index (χ0v) is 10.6. The molecule has 6 heteroatoms. The first-order chi connectivity index (χ1) is 7.47. The van der Waals surface area contributed by atoms with Gasteiger partial charge in [-0.05, 0) is 19.3 Å². The molecular formula is C10H21NO4S. The number of hydrogen-bond donors (Lipinski definition) is 1. The third-order valence-corrected chi connectivity index (χ3v) is 4.65. The highest BCUT2D eigenvalue weighted by molar-refractivity contribution is 7.91. The van der Waals surface area contributed by atoms with Crippen LogP contribution in [0.5, 0.6) is 0 Å². The molecule has 1 atom stereocenters. The lowest BCUT2D eigenvalue weighted by molar-refractivity contribution is 0.0669. The third-order valence-electron chi connectivity index (χ3n) is 2.81. The van der Waals surface area contributed by atoms with E-state index in [1.165, 1.54) is 0 Å². The van der Waals surface area contributed by atoms with Gasteiger partial charge in [-0.3, -0.25) is 0 Å². The smallest absolute Gasteiger partial charge is 0.152 e. The van der Waals surface area contributed by atoms with Gasteiger partial charge in [-0.1, -0.05) is 0 Å². The second kappa shape index (κ2) is 5.95. The van der Waals surface area contributed by atoms with Crippen LogP contribution in [0.2, 0.25) is 0 Å². The standard InChI is InChI=1S/C10H21NO4S/c1-14-6-7-15-5-2-3-10(11)4-8-16(12,13)9-10/h2-9,11H2,1H3. The predicted molar refractivity (Wildman–Crippen MR) is 62.1 cm³/mol. The molecule has 1 aliphatic heterocycles. The first-order valence-electron chi connectivity index (χ1n) is 5.53. The Bertz CT molecular complexity index is 304. The molecule has 1 fully saturated rings. The number of ether oxygens (including phenoxy) is 2. The van der Waals surface area contributed by atoms with Gasteiger partial charge in [-0.2, -0.15) is 0 Å². The van der Waals surface area contributed by atoms with Crippen molar-refractivity contribution >= 4 is 9.84 Å². The van der Waals surface area contributed by atoms with Gasteiger partial charge < -0.3 is 15.2 Å². The van der Waals surface area contributed by atoms with Gasteiger partial charge in [0.1, 0.15) is 0 Å². The Morgan fingerprint density at radius 3 is 2.62 bits per heavy atom. The van der Waals surface area contributed by atoms with Gasteiger partial charge in [0, 0.05) is 19.3 Å². The highest BCUT2D eigenvalue weighted by Crippen LogP contribution is 2.25. The second-order valence-corrected chi connectivity index (χ2v) is 6.60. The van der Waals surface area contributed by atoms with Gasteiger partial charge in [0.15, 0.2) is 9.84 Å². The molecule has 96 valence electrons. The van der Waals surface area contributed by atoms with Crippen LogP contribution in [-0.2, 0) is 19.3 Å². The lowest BCUT2D eigenvalue weighted by atomic mass is 9.94. The molecule has 0 amide bonds. The Morgan fingerprint density at radius 2 is 2.06 bits per heavy atom. The minimum Gasteiger partial charge on any atom is -0.382 e. The van der Waals surface area contributed by atoms with Crippen LogP contribution < -0.4 is 5.73 Å². The lowest BCUT2D eigenvalue weighted by Gasteiger charge is -2.21. The largest absolute Gasteiger partial charge is 0.382 e. The fourth-order valence-electron chi connectivity index (χ4n) is 1.91. The minimum atomic E-state index is -2.89. The Hall–Kier alpha value is -0.170. The number of sulfone groups is 1. The molecule has 0 aliphatic carbocycles. The maximum Gasteiger partial charge on any atom is 0.152 e. The Labute approximate surface area is 97.2 Å². The van der Waals surface area contributed by atoms with Crippen LogP contribution in [0.15, 0.2) is 0 Å². The molecule has 2 N–H and O–H groups in total. The van der Waals surface area contributed by atoms with Gasteiger partial charge in [-0.15, -0.1) is 0 Å². The van der Waals surface area contributed by atoms with E-state index in [0.29, 0.717) is 32.7 Å². The van der Waals surface area contributed by atoms with Gasteiger partial charge in [0.05, 0.1) is 24.7 Å². The van der Waals surface area contributed by atoms with E-state index in [0.717, 1.165) is 6.42 Å². The van der Waals surface area contributed by atoms with E-state index in [1.54, 1.807) is 7.11 Å². The number of hydrogen-bond acceptors (Lipinski definition) is 5. The van der Waals surface area contributed by atoms with Crippen LogP contribution >= 0.6 is 0 Å². The van der Waals surface area contributed by atoms with E-state index in [2.05, 4.69) is 0 Å². The van der Waals surface area contributed by atoms with Crippen molar-refractivity contribution in [3.63, 3.8) is 0 Å². The quantitative estimate of drug-likeness (QED) is 0.642. The SMILES string of the molecule is COCCOCCCC1(N)CCS(=O)(=O)C1. The van der Waals surface area contributed by atoms with Gasteiger partial charge >= 0.3 is 0 Å². The van der Waals surface area contributed by atoms with Gasteiger partial charge in [0.2, 0.25) is 0 Å². The maximum absolute atomic E-state index is 11.3. The molecule has 0 aromatic heterocycles. The van der Waals surface area contributed by atoms with Crippen molar-refractivity contribution in [1.82, 2.24) is 0 Å². The average Bonchev–Trinajstić information content (AvgIpc) is 2.47. The Morgan fingerprint density at radius 1 is 1.31 bits per heavy atom. The topological polar surface area (TPSA) is 78.6 Å². The summed E-state index contributed by atoms with van der Waals surface area (Å²) in [6, 6.07) is 0. The van der Waals surface area contributed by atoms with Crippen molar-refractivity contribution in [2.75, 3.05) is 38.4 Å². The monoisotopic (exact) mass is 251 g/mol. The molecule has 1 rings (SSSR count). The van der Waals surface area contributed by atoms with E-state index in [4.69, 9.17) is 15.2 Å². The molecule has 0 spiro atoms. The van der Waals surface area contributed by atoms with Crippen LogP contribution in [-0.4, -0.2) is 52.4 Å². The normalized spacial score (nSPS) is 28.4. The average molecular weight is 251 g/mol. The van der Waals surface area contributed by atoms with Crippen molar-refractivity contribution in [2.45, 2.75) is 24.8 Å². The number of methoxy groups -OCH3 is 1. The summed E-state index contributed by atoms with van der Waals surface area (Å²) in [6.45, 7) is 1.77. The molecule has 0 aromatic carbocycles. The van der Waals surface area contributed by atoms with Gasteiger partial charge in [-0.25, -0.2) is 8.42 Å². The van der Waals surface area contributed by atoms with Crippen molar-refractivity contribution in [3.8, 4) is 0 Å². The highest BCUT2D eigenvalue weighted by atomic mass is 32.2. The molecule has 1 saturated heterocycles. The summed E-state index contributed by atoms with van der Waals surface area (Å²) in [5, 5.41) is 0. The fraction of sp³-hybridized carbons (Fsp3) is 1.00. The third kappa shape index (κ3) is 4.78. The molecular weight excluding hydrogens is 230 g/mol.